The first-order chi connectivity index (χ1) is 11.6. The first-order valence-electron chi connectivity index (χ1n) is 7.44. The fourth-order valence-corrected chi connectivity index (χ4v) is 2.51. The van der Waals surface area contributed by atoms with Crippen LogP contribution >= 0.6 is 0 Å². The first-order valence-corrected chi connectivity index (χ1v) is 7.44. The van der Waals surface area contributed by atoms with Crippen LogP contribution in [0.25, 0.3) is 0 Å². The molecule has 1 amide bonds. The fraction of sp³-hybridized carbons (Fsp3) is 0.235. The standard InChI is InChI=1S/C17H18N4O3/c1-11-10-14(24-20-11)17(22)19-15(16-18-8-9-21(16)2)12-6-4-5-7-13(12)23-3/h4-10,15H,1-3H3,(H,19,22)/t15-/m1/s1. The highest BCUT2D eigenvalue weighted by molar-refractivity contribution is 5.92. The van der Waals surface area contributed by atoms with Gasteiger partial charge in [-0.25, -0.2) is 4.98 Å². The summed E-state index contributed by atoms with van der Waals surface area (Å²) in [5, 5.41) is 6.70. The van der Waals surface area contributed by atoms with Crippen LogP contribution in [-0.2, 0) is 7.05 Å². The van der Waals surface area contributed by atoms with E-state index in [1.807, 2.05) is 42.1 Å². The van der Waals surface area contributed by atoms with E-state index < -0.39 is 6.04 Å². The molecular weight excluding hydrogens is 308 g/mol. The van der Waals surface area contributed by atoms with E-state index in [9.17, 15) is 4.79 Å². The third kappa shape index (κ3) is 3.01. The van der Waals surface area contributed by atoms with Crippen LogP contribution in [-0.4, -0.2) is 27.7 Å². The van der Waals surface area contributed by atoms with Gasteiger partial charge in [0.15, 0.2) is 0 Å². The Balaban J connectivity index is 2.00. The minimum Gasteiger partial charge on any atom is -0.496 e. The lowest BCUT2D eigenvalue weighted by Gasteiger charge is -2.20. The van der Waals surface area contributed by atoms with Crippen LogP contribution in [0.2, 0.25) is 0 Å². The molecule has 2 heterocycles. The number of hydrogen-bond acceptors (Lipinski definition) is 5. The van der Waals surface area contributed by atoms with E-state index in [0.717, 1.165) is 5.56 Å². The minimum absolute atomic E-state index is 0.154. The molecule has 0 aliphatic heterocycles. The maximum Gasteiger partial charge on any atom is 0.290 e. The molecule has 0 aliphatic rings. The van der Waals surface area contributed by atoms with E-state index in [2.05, 4.69) is 15.5 Å². The quantitative estimate of drug-likeness (QED) is 0.777. The topological polar surface area (TPSA) is 82.2 Å². The maximum atomic E-state index is 12.5. The number of imidazole rings is 1. The SMILES string of the molecule is COc1ccccc1[C@@H](NC(=O)c1cc(C)no1)c1nccn1C. The van der Waals surface area contributed by atoms with E-state index in [1.54, 1.807) is 26.3 Å². The Morgan fingerprint density at radius 3 is 2.79 bits per heavy atom. The molecule has 3 rings (SSSR count). The maximum absolute atomic E-state index is 12.5. The molecule has 24 heavy (non-hydrogen) atoms. The normalized spacial score (nSPS) is 12.0. The Labute approximate surface area is 139 Å². The number of aryl methyl sites for hydroxylation is 2. The molecule has 7 nitrogen and oxygen atoms in total. The molecule has 1 atom stereocenters. The van der Waals surface area contributed by atoms with E-state index in [4.69, 9.17) is 9.26 Å². The van der Waals surface area contributed by atoms with Gasteiger partial charge in [-0.1, -0.05) is 23.4 Å². The van der Waals surface area contributed by atoms with Gasteiger partial charge < -0.3 is 19.1 Å². The lowest BCUT2D eigenvalue weighted by atomic mass is 10.0. The number of rotatable bonds is 5. The number of carbonyl (C=O) groups is 1. The van der Waals surface area contributed by atoms with Crippen LogP contribution < -0.4 is 10.1 Å². The van der Waals surface area contributed by atoms with Crippen molar-refractivity contribution in [2.24, 2.45) is 7.05 Å². The molecule has 0 fully saturated rings. The number of nitrogens with zero attached hydrogens (tertiary/aromatic N) is 3. The summed E-state index contributed by atoms with van der Waals surface area (Å²) in [6.07, 6.45) is 3.50. The van der Waals surface area contributed by atoms with Gasteiger partial charge in [-0.3, -0.25) is 4.79 Å². The molecule has 1 N–H and O–H groups in total. The smallest absolute Gasteiger partial charge is 0.290 e. The number of hydrogen-bond donors (Lipinski definition) is 1. The Kier molecular flexibility index (Phi) is 4.33. The number of nitrogens with one attached hydrogen (secondary N) is 1. The van der Waals surface area contributed by atoms with Gasteiger partial charge in [0, 0.05) is 31.1 Å². The van der Waals surface area contributed by atoms with Gasteiger partial charge in [-0.05, 0) is 13.0 Å². The molecule has 0 saturated carbocycles. The van der Waals surface area contributed by atoms with Crippen molar-refractivity contribution < 1.29 is 14.1 Å². The summed E-state index contributed by atoms with van der Waals surface area (Å²) in [5.74, 6) is 1.14. The second-order valence-corrected chi connectivity index (χ2v) is 5.38. The highest BCUT2D eigenvalue weighted by Crippen LogP contribution is 2.29. The molecule has 7 heteroatoms. The zero-order chi connectivity index (χ0) is 17.1. The van der Waals surface area contributed by atoms with Gasteiger partial charge in [0.1, 0.15) is 17.6 Å². The van der Waals surface area contributed by atoms with Crippen molar-refractivity contribution in [3.05, 3.63) is 65.6 Å². The molecule has 3 aromatic rings. The zero-order valence-electron chi connectivity index (χ0n) is 13.7. The van der Waals surface area contributed by atoms with Crippen molar-refractivity contribution in [2.45, 2.75) is 13.0 Å². The summed E-state index contributed by atoms with van der Waals surface area (Å²) < 4.78 is 12.3. The van der Waals surface area contributed by atoms with E-state index in [0.29, 0.717) is 17.3 Å². The molecule has 0 bridgehead atoms. The second kappa shape index (κ2) is 6.57. The van der Waals surface area contributed by atoms with Gasteiger partial charge in [-0.15, -0.1) is 0 Å². The van der Waals surface area contributed by atoms with E-state index >= 15 is 0 Å². The summed E-state index contributed by atoms with van der Waals surface area (Å²) in [6, 6.07) is 8.60. The van der Waals surface area contributed by atoms with Crippen LogP contribution in [0, 0.1) is 6.92 Å². The summed E-state index contributed by atoms with van der Waals surface area (Å²) in [4.78, 5) is 16.9. The van der Waals surface area contributed by atoms with Crippen molar-refractivity contribution in [1.29, 1.82) is 0 Å². The second-order valence-electron chi connectivity index (χ2n) is 5.38. The lowest BCUT2D eigenvalue weighted by Crippen LogP contribution is -2.31. The molecule has 2 aromatic heterocycles. The summed E-state index contributed by atoms with van der Waals surface area (Å²) in [5.41, 5.74) is 1.45. The van der Waals surface area contributed by atoms with Crippen molar-refractivity contribution in [3.8, 4) is 5.75 Å². The number of para-hydroxylation sites is 1. The zero-order valence-corrected chi connectivity index (χ0v) is 13.7. The van der Waals surface area contributed by atoms with Gasteiger partial charge in [0.05, 0.1) is 12.8 Å². The van der Waals surface area contributed by atoms with Gasteiger partial charge in [-0.2, -0.15) is 0 Å². The van der Waals surface area contributed by atoms with Crippen LogP contribution in [0.5, 0.6) is 5.75 Å². The molecule has 0 radical (unpaired) electrons. The van der Waals surface area contributed by atoms with Crippen LogP contribution in [0.15, 0.2) is 47.2 Å². The number of methoxy groups -OCH3 is 1. The van der Waals surface area contributed by atoms with Crippen LogP contribution in [0.3, 0.4) is 0 Å². The molecule has 0 aliphatic carbocycles. The van der Waals surface area contributed by atoms with Gasteiger partial charge >= 0.3 is 0 Å². The molecule has 0 unspecified atom stereocenters. The molecule has 1 aromatic carbocycles. The summed E-state index contributed by atoms with van der Waals surface area (Å²) in [6.45, 7) is 1.76. The third-order valence-corrected chi connectivity index (χ3v) is 3.69. The molecule has 124 valence electrons. The highest BCUT2D eigenvalue weighted by atomic mass is 16.5. The summed E-state index contributed by atoms with van der Waals surface area (Å²) in [7, 11) is 3.46. The van der Waals surface area contributed by atoms with Crippen molar-refractivity contribution in [3.63, 3.8) is 0 Å². The van der Waals surface area contributed by atoms with Gasteiger partial charge in [0.2, 0.25) is 5.76 Å². The Hall–Kier alpha value is -3.09. The van der Waals surface area contributed by atoms with Crippen molar-refractivity contribution in [2.75, 3.05) is 7.11 Å². The highest BCUT2D eigenvalue weighted by Gasteiger charge is 2.25. The van der Waals surface area contributed by atoms with Gasteiger partial charge in [0.25, 0.3) is 5.91 Å². The fourth-order valence-electron chi connectivity index (χ4n) is 2.51. The monoisotopic (exact) mass is 326 g/mol. The Morgan fingerprint density at radius 1 is 1.38 bits per heavy atom. The lowest BCUT2D eigenvalue weighted by molar-refractivity contribution is 0.0903. The number of aromatic nitrogens is 3. The van der Waals surface area contributed by atoms with E-state index in [1.165, 1.54) is 0 Å². The minimum atomic E-state index is -0.487. The largest absolute Gasteiger partial charge is 0.496 e. The number of carbonyl (C=O) groups excluding carboxylic acids is 1. The number of amides is 1. The number of ether oxygens (including phenoxy) is 1. The molecule has 0 spiro atoms. The van der Waals surface area contributed by atoms with E-state index in [-0.39, 0.29) is 11.7 Å². The third-order valence-electron chi connectivity index (χ3n) is 3.69. The summed E-state index contributed by atoms with van der Waals surface area (Å²) >= 11 is 0. The Morgan fingerprint density at radius 2 is 2.17 bits per heavy atom. The van der Waals surface area contributed by atoms with Crippen LogP contribution in [0.4, 0.5) is 0 Å². The predicted molar refractivity (Wildman–Crippen MR) is 86.8 cm³/mol. The Bertz CT molecular complexity index is 853. The molecular formula is C17H18N4O3. The average molecular weight is 326 g/mol. The van der Waals surface area contributed by atoms with Crippen molar-refractivity contribution in [1.82, 2.24) is 20.0 Å². The van der Waals surface area contributed by atoms with Crippen molar-refractivity contribution >= 4 is 5.91 Å². The molecule has 0 saturated heterocycles. The average Bonchev–Trinajstić information content (AvgIpc) is 3.21. The predicted octanol–water partition coefficient (Wildman–Crippen LogP) is 2.24. The van der Waals surface area contributed by atoms with Crippen LogP contribution in [0.1, 0.15) is 33.7 Å². The number of benzene rings is 1. The first kappa shape index (κ1) is 15.8.